The van der Waals surface area contributed by atoms with Crippen LogP contribution in [0.25, 0.3) is 21.9 Å². The molecule has 7 nitrogen and oxygen atoms in total. The van der Waals surface area contributed by atoms with Crippen molar-refractivity contribution in [3.63, 3.8) is 0 Å². The van der Waals surface area contributed by atoms with E-state index in [1.807, 2.05) is 30.7 Å². The number of aryl methyl sites for hydroxylation is 1. The van der Waals surface area contributed by atoms with Gasteiger partial charge < -0.3 is 9.30 Å². The van der Waals surface area contributed by atoms with Crippen LogP contribution in [-0.4, -0.2) is 42.4 Å². The minimum atomic E-state index is -3.14. The van der Waals surface area contributed by atoms with Gasteiger partial charge in [0.1, 0.15) is 5.52 Å². The van der Waals surface area contributed by atoms with Gasteiger partial charge >= 0.3 is 0 Å². The maximum absolute atomic E-state index is 11.2. The third-order valence-corrected chi connectivity index (χ3v) is 6.44. The third-order valence-electron chi connectivity index (χ3n) is 5.71. The lowest BCUT2D eigenvalue weighted by atomic mass is 10.00. The molecule has 8 heteroatoms. The number of nitrogens with zero attached hydrogens (tertiary/aromatic N) is 3. The number of aromatic nitrogens is 3. The number of ether oxygens (including phenoxy) is 1. The molecular formula is C25H30N4O3S. The highest BCUT2D eigenvalue weighted by Crippen LogP contribution is 2.27. The van der Waals surface area contributed by atoms with Crippen LogP contribution in [0.5, 0.6) is 0 Å². The number of sulfonamides is 1. The van der Waals surface area contributed by atoms with Gasteiger partial charge in [0.25, 0.3) is 0 Å². The quantitative estimate of drug-likeness (QED) is 0.334. The van der Waals surface area contributed by atoms with E-state index in [0.717, 1.165) is 41.3 Å². The highest BCUT2D eigenvalue weighted by molar-refractivity contribution is 7.88. The Morgan fingerprint density at radius 2 is 1.88 bits per heavy atom. The summed E-state index contributed by atoms with van der Waals surface area (Å²) in [5.74, 6) is 0.253. The molecule has 0 amide bonds. The maximum Gasteiger partial charge on any atom is 0.208 e. The van der Waals surface area contributed by atoms with Crippen LogP contribution in [0.2, 0.25) is 0 Å². The normalized spacial score (nSPS) is 13.0. The van der Waals surface area contributed by atoms with Crippen LogP contribution in [0.15, 0.2) is 61.1 Å². The Labute approximate surface area is 194 Å². The Kier molecular flexibility index (Phi) is 7.37. The van der Waals surface area contributed by atoms with Crippen molar-refractivity contribution < 1.29 is 13.2 Å². The second kappa shape index (κ2) is 10.4. The van der Waals surface area contributed by atoms with Crippen molar-refractivity contribution in [2.45, 2.75) is 38.8 Å². The number of fused-ring (bicyclic) bond motifs is 3. The number of imidazole rings is 1. The van der Waals surface area contributed by atoms with Gasteiger partial charge in [-0.25, -0.2) is 18.1 Å². The topological polar surface area (TPSA) is 86.1 Å². The fourth-order valence-corrected chi connectivity index (χ4v) is 4.45. The van der Waals surface area contributed by atoms with E-state index in [1.54, 1.807) is 0 Å². The molecule has 4 aromatic rings. The molecule has 1 unspecified atom stereocenters. The number of unbranched alkanes of at least 4 members (excludes halogenated alkanes) is 1. The molecule has 2 aromatic heterocycles. The summed E-state index contributed by atoms with van der Waals surface area (Å²) in [6.45, 7) is 4.63. The van der Waals surface area contributed by atoms with Gasteiger partial charge in [0.15, 0.2) is 0 Å². The summed E-state index contributed by atoms with van der Waals surface area (Å²) in [4.78, 5) is 9.14. The number of benzene rings is 2. The smallest absolute Gasteiger partial charge is 0.208 e. The molecule has 1 atom stereocenters. The Balaban J connectivity index is 1.43. The summed E-state index contributed by atoms with van der Waals surface area (Å²) in [5, 5.41) is 1.07. The summed E-state index contributed by atoms with van der Waals surface area (Å²) in [6.07, 6.45) is 6.45. The van der Waals surface area contributed by atoms with E-state index in [0.29, 0.717) is 19.8 Å². The standard InChI is InChI=1S/C25H30N4O3S/c1-19(16-32-17-20-8-4-3-5-9-20)21-10-11-22-23(14-21)26-15-24-25(22)29(18-27-24)13-7-6-12-28-33(2,30)31/h3-5,8-11,14-15,18-19,28H,6-7,12-13,16-17H2,1-2H3. The second-order valence-corrected chi connectivity index (χ2v) is 10.3. The fraction of sp³-hybridized carbons (Fsp3) is 0.360. The molecule has 2 heterocycles. The van der Waals surface area contributed by atoms with Crippen LogP contribution < -0.4 is 4.72 Å². The third kappa shape index (κ3) is 6.16. The van der Waals surface area contributed by atoms with Crippen LogP contribution >= 0.6 is 0 Å². The lowest BCUT2D eigenvalue weighted by molar-refractivity contribution is 0.110. The highest BCUT2D eigenvalue weighted by atomic mass is 32.2. The van der Waals surface area contributed by atoms with Crippen molar-refractivity contribution in [2.75, 3.05) is 19.4 Å². The van der Waals surface area contributed by atoms with E-state index in [2.05, 4.69) is 56.5 Å². The van der Waals surface area contributed by atoms with Gasteiger partial charge in [-0.3, -0.25) is 4.98 Å². The molecule has 33 heavy (non-hydrogen) atoms. The molecule has 0 fully saturated rings. The highest BCUT2D eigenvalue weighted by Gasteiger charge is 2.12. The van der Waals surface area contributed by atoms with Crippen molar-refractivity contribution in [3.8, 4) is 0 Å². The van der Waals surface area contributed by atoms with Crippen LogP contribution in [0.1, 0.15) is 36.8 Å². The largest absolute Gasteiger partial charge is 0.376 e. The van der Waals surface area contributed by atoms with E-state index in [1.165, 1.54) is 17.4 Å². The van der Waals surface area contributed by atoms with Gasteiger partial charge in [-0.1, -0.05) is 49.4 Å². The minimum Gasteiger partial charge on any atom is -0.376 e. The van der Waals surface area contributed by atoms with Gasteiger partial charge in [0, 0.05) is 24.4 Å². The lowest BCUT2D eigenvalue weighted by Gasteiger charge is -2.14. The molecular weight excluding hydrogens is 436 g/mol. The fourth-order valence-electron chi connectivity index (χ4n) is 3.94. The Bertz CT molecular complexity index is 1320. The van der Waals surface area contributed by atoms with Crippen LogP contribution in [-0.2, 0) is 27.9 Å². The van der Waals surface area contributed by atoms with Gasteiger partial charge in [0.05, 0.1) is 43.0 Å². The van der Waals surface area contributed by atoms with Crippen molar-refractivity contribution in [1.29, 1.82) is 0 Å². The van der Waals surface area contributed by atoms with E-state index in [-0.39, 0.29) is 5.92 Å². The summed E-state index contributed by atoms with van der Waals surface area (Å²) in [6, 6.07) is 16.6. The number of rotatable bonds is 11. The summed E-state index contributed by atoms with van der Waals surface area (Å²) in [5.41, 5.74) is 5.24. The predicted molar refractivity (Wildman–Crippen MR) is 132 cm³/mol. The Hall–Kier alpha value is -2.81. The summed E-state index contributed by atoms with van der Waals surface area (Å²) in [7, 11) is -3.14. The van der Waals surface area contributed by atoms with E-state index < -0.39 is 10.0 Å². The Morgan fingerprint density at radius 1 is 1.06 bits per heavy atom. The first-order valence-electron chi connectivity index (χ1n) is 11.2. The molecule has 0 aliphatic rings. The zero-order chi connectivity index (χ0) is 23.3. The molecule has 0 aliphatic carbocycles. The molecule has 0 bridgehead atoms. The average Bonchev–Trinajstić information content (AvgIpc) is 3.22. The average molecular weight is 467 g/mol. The predicted octanol–water partition coefficient (Wildman–Crippen LogP) is 4.23. The van der Waals surface area contributed by atoms with E-state index in [4.69, 9.17) is 4.74 Å². The van der Waals surface area contributed by atoms with E-state index >= 15 is 0 Å². The summed E-state index contributed by atoms with van der Waals surface area (Å²) >= 11 is 0. The number of nitrogens with one attached hydrogen (secondary N) is 1. The Morgan fingerprint density at radius 3 is 2.67 bits per heavy atom. The van der Waals surface area contributed by atoms with Crippen LogP contribution in [0, 0.1) is 0 Å². The van der Waals surface area contributed by atoms with Gasteiger partial charge in [-0.05, 0) is 30.0 Å². The first kappa shape index (κ1) is 23.4. The second-order valence-electron chi connectivity index (χ2n) is 8.48. The maximum atomic E-state index is 11.2. The molecule has 1 N–H and O–H groups in total. The van der Waals surface area contributed by atoms with Gasteiger partial charge in [-0.2, -0.15) is 0 Å². The van der Waals surface area contributed by atoms with Gasteiger partial charge in [-0.15, -0.1) is 0 Å². The minimum absolute atomic E-state index is 0.253. The summed E-state index contributed by atoms with van der Waals surface area (Å²) < 4.78 is 33.0. The van der Waals surface area contributed by atoms with Crippen molar-refractivity contribution >= 4 is 32.0 Å². The zero-order valence-electron chi connectivity index (χ0n) is 19.1. The van der Waals surface area contributed by atoms with Crippen LogP contribution in [0.3, 0.4) is 0 Å². The van der Waals surface area contributed by atoms with E-state index in [9.17, 15) is 8.42 Å². The SMILES string of the molecule is CC(COCc1ccccc1)c1ccc2c(c1)ncc1ncn(CCCCNS(C)(=O)=O)c12. The molecule has 0 saturated heterocycles. The van der Waals surface area contributed by atoms with Crippen molar-refractivity contribution in [1.82, 2.24) is 19.3 Å². The van der Waals surface area contributed by atoms with Gasteiger partial charge in [0.2, 0.25) is 10.0 Å². The first-order chi connectivity index (χ1) is 15.9. The van der Waals surface area contributed by atoms with Crippen molar-refractivity contribution in [2.24, 2.45) is 0 Å². The number of hydrogen-bond acceptors (Lipinski definition) is 5. The monoisotopic (exact) mass is 466 g/mol. The molecule has 0 spiro atoms. The zero-order valence-corrected chi connectivity index (χ0v) is 19.9. The van der Waals surface area contributed by atoms with Crippen molar-refractivity contribution in [3.05, 3.63) is 72.2 Å². The molecule has 0 radical (unpaired) electrons. The molecule has 0 aliphatic heterocycles. The van der Waals surface area contributed by atoms with Crippen LogP contribution in [0.4, 0.5) is 0 Å². The molecule has 174 valence electrons. The molecule has 4 rings (SSSR count). The first-order valence-corrected chi connectivity index (χ1v) is 13.1. The number of hydrogen-bond donors (Lipinski definition) is 1. The number of pyridine rings is 1. The molecule has 0 saturated carbocycles. The lowest BCUT2D eigenvalue weighted by Crippen LogP contribution is -2.23. The molecule has 2 aromatic carbocycles.